The van der Waals surface area contributed by atoms with Crippen molar-refractivity contribution in [1.82, 2.24) is 0 Å². The van der Waals surface area contributed by atoms with E-state index in [0.717, 1.165) is 0 Å². The first-order chi connectivity index (χ1) is 6.65. The van der Waals surface area contributed by atoms with E-state index in [0.29, 0.717) is 18.5 Å². The molecule has 0 aromatic heterocycles. The van der Waals surface area contributed by atoms with Crippen molar-refractivity contribution in [2.45, 2.75) is 32.7 Å². The van der Waals surface area contributed by atoms with Crippen LogP contribution in [0.2, 0.25) is 0 Å². The largest absolute Gasteiger partial charge is 0.381 e. The fourth-order valence-corrected chi connectivity index (χ4v) is 1.46. The number of rotatable bonds is 4. The second kappa shape index (κ2) is 5.01. The van der Waals surface area contributed by atoms with Gasteiger partial charge in [0, 0.05) is 18.3 Å². The van der Waals surface area contributed by atoms with Crippen LogP contribution in [0.4, 0.5) is 5.69 Å². The molecule has 0 aliphatic rings. The third kappa shape index (κ3) is 2.74. The average molecular weight is 192 g/mol. The molecule has 1 aromatic rings. The third-order valence-electron chi connectivity index (χ3n) is 2.34. The van der Waals surface area contributed by atoms with Gasteiger partial charge >= 0.3 is 0 Å². The summed E-state index contributed by atoms with van der Waals surface area (Å²) in [6.45, 7) is 7.16. The molecule has 1 atom stereocenters. The van der Waals surface area contributed by atoms with Crippen LogP contribution >= 0.6 is 0 Å². The van der Waals surface area contributed by atoms with E-state index in [9.17, 15) is 0 Å². The molecule has 0 bridgehead atoms. The first kappa shape index (κ1) is 11.1. The van der Waals surface area contributed by atoms with Crippen molar-refractivity contribution >= 4 is 5.69 Å². The molecule has 0 heterocycles. The van der Waals surface area contributed by atoms with E-state index in [-0.39, 0.29) is 0 Å². The number of hydrogen-bond acceptors (Lipinski definition) is 2. The van der Waals surface area contributed by atoms with E-state index in [4.69, 9.17) is 5.73 Å². The summed E-state index contributed by atoms with van der Waals surface area (Å²) in [5.41, 5.74) is 8.15. The summed E-state index contributed by atoms with van der Waals surface area (Å²) in [6.07, 6.45) is 0. The Morgan fingerprint density at radius 2 is 1.86 bits per heavy atom. The number of benzene rings is 1. The van der Waals surface area contributed by atoms with Gasteiger partial charge in [-0.1, -0.05) is 32.0 Å². The lowest BCUT2D eigenvalue weighted by molar-refractivity contribution is 0.793. The molecular weight excluding hydrogens is 172 g/mol. The van der Waals surface area contributed by atoms with Gasteiger partial charge in [-0.3, -0.25) is 0 Å². The summed E-state index contributed by atoms with van der Waals surface area (Å²) in [5, 5.41) is 3.42. The van der Waals surface area contributed by atoms with Crippen LogP contribution in [0.1, 0.15) is 32.3 Å². The molecule has 2 heteroatoms. The molecule has 0 spiro atoms. The number of nitrogens with two attached hydrogens (primary N) is 1. The van der Waals surface area contributed by atoms with Crippen LogP contribution in [-0.2, 0) is 0 Å². The molecule has 14 heavy (non-hydrogen) atoms. The van der Waals surface area contributed by atoms with Crippen molar-refractivity contribution in [2.75, 3.05) is 11.9 Å². The molecular formula is C12H20N2. The van der Waals surface area contributed by atoms with Crippen molar-refractivity contribution in [1.29, 1.82) is 0 Å². The average Bonchev–Trinajstić information content (AvgIpc) is 2.18. The summed E-state index contributed by atoms with van der Waals surface area (Å²) < 4.78 is 0. The molecule has 1 aromatic carbocycles. The quantitative estimate of drug-likeness (QED) is 0.769. The predicted octanol–water partition coefficient (Wildman–Crippen LogP) is 2.57. The molecule has 0 radical (unpaired) electrons. The minimum Gasteiger partial charge on any atom is -0.381 e. The van der Waals surface area contributed by atoms with Gasteiger partial charge in [-0.25, -0.2) is 0 Å². The minimum absolute atomic E-state index is 0.329. The first-order valence-electron chi connectivity index (χ1n) is 5.20. The van der Waals surface area contributed by atoms with Gasteiger partial charge in [0.1, 0.15) is 0 Å². The third-order valence-corrected chi connectivity index (χ3v) is 2.34. The van der Waals surface area contributed by atoms with Gasteiger partial charge in [0.05, 0.1) is 0 Å². The van der Waals surface area contributed by atoms with Crippen molar-refractivity contribution in [3.63, 3.8) is 0 Å². The van der Waals surface area contributed by atoms with Crippen LogP contribution in [0.5, 0.6) is 0 Å². The Balaban J connectivity index is 2.84. The topological polar surface area (TPSA) is 38.0 Å². The second-order valence-corrected chi connectivity index (χ2v) is 4.02. The molecule has 3 N–H and O–H groups in total. The van der Waals surface area contributed by atoms with Gasteiger partial charge in [0.15, 0.2) is 0 Å². The van der Waals surface area contributed by atoms with Gasteiger partial charge in [-0.2, -0.15) is 0 Å². The van der Waals surface area contributed by atoms with E-state index in [1.807, 2.05) is 0 Å². The van der Waals surface area contributed by atoms with Gasteiger partial charge < -0.3 is 11.1 Å². The zero-order chi connectivity index (χ0) is 10.6. The Bertz CT molecular complexity index is 281. The lowest BCUT2D eigenvalue weighted by atomic mass is 10.0. The van der Waals surface area contributed by atoms with Crippen molar-refractivity contribution in [2.24, 2.45) is 5.73 Å². The molecule has 0 saturated carbocycles. The Labute approximate surface area is 86.5 Å². The molecule has 0 aliphatic carbocycles. The summed E-state index contributed by atoms with van der Waals surface area (Å²) in [6, 6.07) is 8.73. The summed E-state index contributed by atoms with van der Waals surface area (Å²) in [4.78, 5) is 0. The molecule has 78 valence electrons. The first-order valence-corrected chi connectivity index (χ1v) is 5.20. The fraction of sp³-hybridized carbons (Fsp3) is 0.500. The highest BCUT2D eigenvalue weighted by molar-refractivity contribution is 5.53. The van der Waals surface area contributed by atoms with Crippen LogP contribution in [0.25, 0.3) is 0 Å². The van der Waals surface area contributed by atoms with Crippen LogP contribution in [0, 0.1) is 0 Å². The molecule has 0 fully saturated rings. The number of anilines is 1. The number of nitrogens with one attached hydrogen (secondary N) is 1. The molecule has 2 nitrogen and oxygen atoms in total. The van der Waals surface area contributed by atoms with Crippen molar-refractivity contribution < 1.29 is 0 Å². The maximum absolute atomic E-state index is 5.58. The van der Waals surface area contributed by atoms with Crippen molar-refractivity contribution in [3.8, 4) is 0 Å². The lowest BCUT2D eigenvalue weighted by Crippen LogP contribution is -2.25. The monoisotopic (exact) mass is 192 g/mol. The van der Waals surface area contributed by atoms with E-state index < -0.39 is 0 Å². The molecule has 1 unspecified atom stereocenters. The zero-order valence-electron chi connectivity index (χ0n) is 9.25. The smallest absolute Gasteiger partial charge is 0.0377 e. The van der Waals surface area contributed by atoms with Gasteiger partial charge in [-0.05, 0) is 24.5 Å². The number of hydrogen-bond donors (Lipinski definition) is 2. The SMILES string of the molecule is CC(CN)Nc1ccccc1C(C)C. The highest BCUT2D eigenvalue weighted by atomic mass is 14.9. The minimum atomic E-state index is 0.329. The van der Waals surface area contributed by atoms with E-state index in [1.165, 1.54) is 11.3 Å². The summed E-state index contributed by atoms with van der Waals surface area (Å²) in [7, 11) is 0. The van der Waals surface area contributed by atoms with Gasteiger partial charge in [0.2, 0.25) is 0 Å². The summed E-state index contributed by atoms with van der Waals surface area (Å²) >= 11 is 0. The molecule has 0 saturated heterocycles. The Hall–Kier alpha value is -1.02. The highest BCUT2D eigenvalue weighted by Gasteiger charge is 2.06. The lowest BCUT2D eigenvalue weighted by Gasteiger charge is -2.18. The van der Waals surface area contributed by atoms with Gasteiger partial charge in [-0.15, -0.1) is 0 Å². The predicted molar refractivity (Wildman–Crippen MR) is 62.7 cm³/mol. The van der Waals surface area contributed by atoms with Crippen LogP contribution in [-0.4, -0.2) is 12.6 Å². The normalized spacial score (nSPS) is 12.9. The summed E-state index contributed by atoms with van der Waals surface area (Å²) in [5.74, 6) is 0.545. The van der Waals surface area contributed by atoms with Crippen LogP contribution in [0.15, 0.2) is 24.3 Å². The van der Waals surface area contributed by atoms with Gasteiger partial charge in [0.25, 0.3) is 0 Å². The number of para-hydroxylation sites is 1. The second-order valence-electron chi connectivity index (χ2n) is 4.02. The Morgan fingerprint density at radius 1 is 1.21 bits per heavy atom. The molecule has 1 rings (SSSR count). The van der Waals surface area contributed by atoms with Crippen molar-refractivity contribution in [3.05, 3.63) is 29.8 Å². The Kier molecular flexibility index (Phi) is 3.96. The molecule has 0 amide bonds. The maximum Gasteiger partial charge on any atom is 0.0377 e. The maximum atomic E-state index is 5.58. The van der Waals surface area contributed by atoms with Crippen LogP contribution < -0.4 is 11.1 Å². The molecule has 0 aliphatic heterocycles. The van der Waals surface area contributed by atoms with Crippen LogP contribution in [0.3, 0.4) is 0 Å². The Morgan fingerprint density at radius 3 is 2.43 bits per heavy atom. The van der Waals surface area contributed by atoms with E-state index >= 15 is 0 Å². The fourth-order valence-electron chi connectivity index (χ4n) is 1.46. The van der Waals surface area contributed by atoms with E-state index in [2.05, 4.69) is 50.4 Å². The van der Waals surface area contributed by atoms with E-state index in [1.54, 1.807) is 0 Å². The highest BCUT2D eigenvalue weighted by Crippen LogP contribution is 2.23. The zero-order valence-corrected chi connectivity index (χ0v) is 9.25. The standard InChI is InChI=1S/C12H20N2/c1-9(2)11-6-4-5-7-12(11)14-10(3)8-13/h4-7,9-10,14H,8,13H2,1-3H3.